The Morgan fingerprint density at radius 2 is 1.13 bits per heavy atom. The van der Waals surface area contributed by atoms with Gasteiger partial charge in [-0.05, 0) is 118 Å². The number of aromatic hydroxyl groups is 5. The minimum absolute atomic E-state index is 0.00208. The van der Waals surface area contributed by atoms with Crippen molar-refractivity contribution in [2.24, 2.45) is 0 Å². The van der Waals surface area contributed by atoms with Gasteiger partial charge in [-0.25, -0.2) is 4.79 Å². The van der Waals surface area contributed by atoms with Crippen molar-refractivity contribution in [3.8, 4) is 51.4 Å². The molecule has 0 aliphatic carbocycles. The monoisotopic (exact) mass is 1330 g/mol. The molecule has 4 aliphatic heterocycles. The molecular formula is C61H45Cl6N7O15. The highest BCUT2D eigenvalue weighted by Crippen LogP contribution is 2.44. The van der Waals surface area contributed by atoms with E-state index in [-0.39, 0.29) is 72.7 Å². The molecule has 0 saturated carbocycles. The number of Topliss-reactive ketones (excluding diaryl/α,β-unsaturated/α-hetero) is 1. The molecule has 12 rings (SSSR count). The number of ketones is 1. The number of aliphatic carboxylic acids is 1. The largest absolute Gasteiger partial charge is 0.508 e. The number of carboxylic acid groups (broad SMARTS) is 1. The Morgan fingerprint density at radius 1 is 0.607 bits per heavy atom. The van der Waals surface area contributed by atoms with Crippen LogP contribution in [0, 0.1) is 0 Å². The fourth-order valence-corrected chi connectivity index (χ4v) is 11.7. The lowest BCUT2D eigenvalue weighted by Crippen LogP contribution is -2.55. The third-order valence-corrected chi connectivity index (χ3v) is 16.6. The molecule has 4 aliphatic rings. The summed E-state index contributed by atoms with van der Waals surface area (Å²) in [5, 5.41) is 75.0. The maximum atomic E-state index is 15.8. The molecule has 456 valence electrons. The van der Waals surface area contributed by atoms with Crippen LogP contribution in [0.25, 0.3) is 22.0 Å². The predicted molar refractivity (Wildman–Crippen MR) is 326 cm³/mol. The van der Waals surface area contributed by atoms with Crippen LogP contribution >= 0.6 is 69.6 Å². The van der Waals surface area contributed by atoms with Gasteiger partial charge >= 0.3 is 5.97 Å². The second kappa shape index (κ2) is 25.4. The Bertz CT molecular complexity index is 4210. The van der Waals surface area contributed by atoms with Crippen molar-refractivity contribution < 1.29 is 73.7 Å². The maximum absolute atomic E-state index is 15.8. The highest BCUT2D eigenvalue weighted by molar-refractivity contribution is 6.45. The van der Waals surface area contributed by atoms with Gasteiger partial charge in [0.2, 0.25) is 35.3 Å². The van der Waals surface area contributed by atoms with E-state index < -0.39 is 133 Å². The number of aromatic amines is 1. The van der Waals surface area contributed by atoms with Gasteiger partial charge in [0.25, 0.3) is 5.91 Å². The van der Waals surface area contributed by atoms with Crippen LogP contribution in [0.5, 0.6) is 40.2 Å². The molecule has 7 aromatic carbocycles. The van der Waals surface area contributed by atoms with Gasteiger partial charge in [0, 0.05) is 48.1 Å². The standard InChI is InChI=1S/C61H45Cl6N7O15/c1-74-44(56(82)73-49(61(87)88)25-4-7-32(75)8-5-25)12-24-2-9-33(10-3-24)89-45-22-27-13-35(51(45)77)26-6-11-34-31(23-68-42(34)20-26)21-43(69-59(85)50(76)30-18-40(66)54(80)41(67)19-30)55(81)70-47(28-14-36(62)52(78)37(63)15-28)57(83)71-46(27)58(84)72-48(60(74)86)29-16-38(64)53(79)39(65)17-29/h2-11,13-20,22-23,43-44,46-49,68,75,77-80H,12,21H2,1H3,(H,69,85)(H,70,81)(H,71,83)(H,72,84)(H,73,82)(H,87,88)/t43-,44+,46-,47+,48-,49+/m1/s1. The van der Waals surface area contributed by atoms with E-state index in [1.807, 2.05) is 0 Å². The van der Waals surface area contributed by atoms with Gasteiger partial charge < -0.3 is 71.8 Å². The summed E-state index contributed by atoms with van der Waals surface area (Å²) in [6.45, 7) is 0. The quantitative estimate of drug-likeness (QED) is 0.0473. The number of hydrogen-bond acceptors (Lipinski definition) is 14. The molecule has 0 saturated heterocycles. The normalized spacial score (nSPS) is 18.2. The predicted octanol–water partition coefficient (Wildman–Crippen LogP) is 9.20. The van der Waals surface area contributed by atoms with E-state index in [1.54, 1.807) is 18.2 Å². The van der Waals surface area contributed by atoms with E-state index in [9.17, 15) is 49.8 Å². The number of likely N-dealkylation sites (N-methyl/N-ethyl adjacent to an activating group) is 1. The smallest absolute Gasteiger partial charge is 0.330 e. The van der Waals surface area contributed by atoms with Crippen LogP contribution in [0.15, 0.2) is 121 Å². The summed E-state index contributed by atoms with van der Waals surface area (Å²) in [4.78, 5) is 121. The molecule has 6 atom stereocenters. The Hall–Kier alpha value is -9.42. The van der Waals surface area contributed by atoms with Crippen LogP contribution in [0.4, 0.5) is 0 Å². The molecule has 9 bridgehead atoms. The molecule has 22 nitrogen and oxygen atoms in total. The summed E-state index contributed by atoms with van der Waals surface area (Å²) in [6.07, 6.45) is 0.782. The average Bonchev–Trinajstić information content (AvgIpc) is 1.98. The van der Waals surface area contributed by atoms with Crippen molar-refractivity contribution >= 4 is 128 Å². The molecule has 0 unspecified atom stereocenters. The Morgan fingerprint density at radius 3 is 1.71 bits per heavy atom. The lowest BCUT2D eigenvalue weighted by Gasteiger charge is -2.33. The Labute approximate surface area is 532 Å². The second-order valence-corrected chi connectivity index (χ2v) is 23.1. The van der Waals surface area contributed by atoms with Crippen LogP contribution < -0.4 is 31.3 Å². The molecule has 0 radical (unpaired) electrons. The van der Waals surface area contributed by atoms with Crippen LogP contribution in [0.3, 0.4) is 0 Å². The van der Waals surface area contributed by atoms with Crippen molar-refractivity contribution in [1.29, 1.82) is 0 Å². The van der Waals surface area contributed by atoms with E-state index in [1.165, 1.54) is 73.9 Å². The molecule has 12 N–H and O–H groups in total. The third kappa shape index (κ3) is 13.0. The van der Waals surface area contributed by atoms with Crippen LogP contribution in [0.1, 0.15) is 67.9 Å². The summed E-state index contributed by atoms with van der Waals surface area (Å²) in [5.41, 5.74) is 0.449. The van der Waals surface area contributed by atoms with Gasteiger partial charge in [0.1, 0.15) is 41.7 Å². The number of H-pyrrole nitrogens is 1. The van der Waals surface area contributed by atoms with Crippen molar-refractivity contribution in [1.82, 2.24) is 36.5 Å². The number of nitrogens with one attached hydrogen (secondary N) is 6. The van der Waals surface area contributed by atoms with Crippen molar-refractivity contribution in [2.45, 2.75) is 49.1 Å². The topological polar surface area (TPSA) is 346 Å². The molecule has 5 heterocycles. The first-order chi connectivity index (χ1) is 42.2. The van der Waals surface area contributed by atoms with E-state index >= 15 is 19.2 Å². The number of halogens is 6. The molecule has 0 spiro atoms. The third-order valence-electron chi connectivity index (χ3n) is 14.9. The average molecular weight is 1330 g/mol. The minimum atomic E-state index is -2.07. The highest BCUT2D eigenvalue weighted by Gasteiger charge is 2.40. The Kier molecular flexibility index (Phi) is 17.8. The van der Waals surface area contributed by atoms with Crippen molar-refractivity contribution in [3.63, 3.8) is 0 Å². The summed E-state index contributed by atoms with van der Waals surface area (Å²) in [6, 6.07) is 13.3. The summed E-state index contributed by atoms with van der Waals surface area (Å²) in [5.74, 6) is -12.7. The van der Waals surface area contributed by atoms with Gasteiger partial charge in [-0.15, -0.1) is 0 Å². The number of phenolic OH excluding ortho intramolecular Hbond substituents is 5. The fraction of sp³-hybridized carbons (Fsp3) is 0.148. The van der Waals surface area contributed by atoms with Crippen LogP contribution in [0.2, 0.25) is 30.1 Å². The van der Waals surface area contributed by atoms with Gasteiger partial charge in [-0.2, -0.15) is 0 Å². The number of carbonyl (C=O) groups excluding carboxylic acids is 7. The van der Waals surface area contributed by atoms with Gasteiger partial charge in [-0.1, -0.05) is 106 Å². The first-order valence-corrected chi connectivity index (χ1v) is 28.6. The van der Waals surface area contributed by atoms with Crippen LogP contribution in [-0.2, 0) is 46.4 Å². The number of phenols is 5. The van der Waals surface area contributed by atoms with E-state index in [0.717, 1.165) is 41.3 Å². The fourth-order valence-electron chi connectivity index (χ4n) is 10.2. The zero-order valence-electron chi connectivity index (χ0n) is 45.5. The number of aromatic nitrogens is 1. The van der Waals surface area contributed by atoms with Gasteiger partial charge in [0.15, 0.2) is 34.8 Å². The molecule has 28 heteroatoms. The highest BCUT2D eigenvalue weighted by atomic mass is 35.5. The van der Waals surface area contributed by atoms with E-state index in [0.29, 0.717) is 22.0 Å². The molecular weight excluding hydrogens is 1280 g/mol. The summed E-state index contributed by atoms with van der Waals surface area (Å²) >= 11 is 38.0. The van der Waals surface area contributed by atoms with Gasteiger partial charge in [-0.3, -0.25) is 33.6 Å². The number of carboxylic acids is 1. The minimum Gasteiger partial charge on any atom is -0.508 e. The van der Waals surface area contributed by atoms with Crippen molar-refractivity contribution in [2.75, 3.05) is 7.05 Å². The number of hydrogen-bond donors (Lipinski definition) is 12. The molecule has 1 aromatic heterocycles. The number of carbonyl (C=O) groups is 8. The first-order valence-electron chi connectivity index (χ1n) is 26.4. The number of rotatable bonds is 9. The molecule has 0 fully saturated rings. The second-order valence-electron chi connectivity index (χ2n) is 20.6. The zero-order valence-corrected chi connectivity index (χ0v) is 50.0. The Balaban J connectivity index is 1.15. The lowest BCUT2D eigenvalue weighted by molar-refractivity contribution is -0.145. The summed E-state index contributed by atoms with van der Waals surface area (Å²) in [7, 11) is 1.19. The number of fused-ring (bicyclic) bond motifs is 15. The van der Waals surface area contributed by atoms with Gasteiger partial charge in [0.05, 0.1) is 30.1 Å². The maximum Gasteiger partial charge on any atom is 0.330 e. The summed E-state index contributed by atoms with van der Waals surface area (Å²) < 4.78 is 6.37. The van der Waals surface area contributed by atoms with Crippen LogP contribution in [-0.4, -0.2) is 107 Å². The number of benzene rings is 7. The molecule has 8 aromatic rings. The number of nitrogens with zero attached hydrogens (tertiary/aromatic N) is 1. The number of ether oxygens (including phenoxy) is 1. The molecule has 6 amide bonds. The first kappa shape index (κ1) is 62.6. The van der Waals surface area contributed by atoms with E-state index in [4.69, 9.17) is 74.3 Å². The number of amides is 6. The zero-order chi connectivity index (χ0) is 64.0. The van der Waals surface area contributed by atoms with Crippen molar-refractivity contribution in [3.05, 3.63) is 191 Å². The lowest BCUT2D eigenvalue weighted by atomic mass is 9.94. The van der Waals surface area contributed by atoms with E-state index in [2.05, 4.69) is 31.6 Å². The molecule has 89 heavy (non-hydrogen) atoms. The SMILES string of the molecule is CN1C(=O)[C@@H](c2cc(Cl)c(O)c(Cl)c2)NC(=O)[C@@H]2NC(=O)[C@H](c3cc(Cl)c(O)c(Cl)c3)NC(=O)[C@H](NC(=O)C(=O)c3cc(Cl)c(O)c(Cl)c3)Cc3c[nH]c4cc(ccc34)-c3cc2cc(c3O)Oc2ccc(cc2)C[C@H]1C(=O)N[C@H](C(=O)O)c1ccc(O)cc1.